The molecule has 2 aromatic carbocycles. The van der Waals surface area contributed by atoms with Crippen LogP contribution in [0.1, 0.15) is 11.1 Å². The molecule has 0 fully saturated rings. The van der Waals surface area contributed by atoms with Gasteiger partial charge in [-0.1, -0.05) is 35.8 Å². The Bertz CT molecular complexity index is 880. The van der Waals surface area contributed by atoms with Crippen molar-refractivity contribution in [3.63, 3.8) is 0 Å². The number of hydrogen-bond acceptors (Lipinski definition) is 4. The first-order valence-electron chi connectivity index (χ1n) is 7.84. The lowest BCUT2D eigenvalue weighted by Crippen LogP contribution is -1.95. The van der Waals surface area contributed by atoms with Crippen molar-refractivity contribution in [2.75, 3.05) is 28.4 Å². The molecule has 0 aliphatic rings. The number of hydrogen-bond donors (Lipinski definition) is 0. The van der Waals surface area contributed by atoms with Gasteiger partial charge in [0.05, 0.1) is 34.0 Å². The number of rotatable bonds is 4. The van der Waals surface area contributed by atoms with Crippen molar-refractivity contribution < 1.29 is 18.9 Å². The number of methoxy groups -OCH3 is 4. The molecule has 0 unspecified atom stereocenters. The van der Waals surface area contributed by atoms with Gasteiger partial charge in [-0.2, -0.15) is 0 Å². The third kappa shape index (κ3) is 4.75. The molecule has 0 radical (unpaired) electrons. The summed E-state index contributed by atoms with van der Waals surface area (Å²) in [6, 6.07) is 11.2. The van der Waals surface area contributed by atoms with Gasteiger partial charge < -0.3 is 18.9 Å². The second-order valence-corrected chi connectivity index (χ2v) is 4.99. The van der Waals surface area contributed by atoms with Crippen molar-refractivity contribution in [2.24, 2.45) is 0 Å². The van der Waals surface area contributed by atoms with Crippen LogP contribution in [-0.2, 0) is 0 Å². The fourth-order valence-corrected chi connectivity index (χ4v) is 2.23. The molecule has 4 nitrogen and oxygen atoms in total. The predicted octanol–water partition coefficient (Wildman–Crippen LogP) is 3.68. The minimum absolute atomic E-state index is 0.541. The van der Waals surface area contributed by atoms with Crippen molar-refractivity contribution in [3.8, 4) is 46.7 Å². The van der Waals surface area contributed by atoms with Crippen LogP contribution < -0.4 is 18.9 Å². The summed E-state index contributed by atoms with van der Waals surface area (Å²) < 4.78 is 21.2. The smallest absolute Gasteiger partial charge is 0.203 e. The molecular weight excluding hydrogens is 328 g/mol. The van der Waals surface area contributed by atoms with Gasteiger partial charge in [0.1, 0.15) is 5.75 Å². The standard InChI is InChI=1S/C22H20O4/c1-23-19-14-10-9-13-18(19)12-8-6-5-7-11-17-15-20(24-2)22(26-4)21(16-17)25-3/h5-6,9-10,13-16H,1-4H3/b6-5-. The van der Waals surface area contributed by atoms with Crippen LogP contribution in [0.15, 0.2) is 48.6 Å². The summed E-state index contributed by atoms with van der Waals surface area (Å²) in [6.45, 7) is 0. The van der Waals surface area contributed by atoms with Gasteiger partial charge in [0.15, 0.2) is 11.5 Å². The molecular formula is C22H20O4. The van der Waals surface area contributed by atoms with E-state index in [4.69, 9.17) is 18.9 Å². The normalized spacial score (nSPS) is 9.54. The fourth-order valence-electron chi connectivity index (χ4n) is 2.23. The molecule has 0 atom stereocenters. The Morgan fingerprint density at radius 3 is 1.85 bits per heavy atom. The van der Waals surface area contributed by atoms with Gasteiger partial charge in [-0.05, 0) is 36.4 Å². The van der Waals surface area contributed by atoms with Gasteiger partial charge >= 0.3 is 0 Å². The maximum absolute atomic E-state index is 5.31. The van der Waals surface area contributed by atoms with E-state index in [1.165, 1.54) is 0 Å². The molecule has 26 heavy (non-hydrogen) atoms. The van der Waals surface area contributed by atoms with E-state index in [1.54, 1.807) is 52.7 Å². The van der Waals surface area contributed by atoms with Crippen molar-refractivity contribution in [1.29, 1.82) is 0 Å². The van der Waals surface area contributed by atoms with Crippen molar-refractivity contribution >= 4 is 0 Å². The summed E-state index contributed by atoms with van der Waals surface area (Å²) >= 11 is 0. The van der Waals surface area contributed by atoms with E-state index in [9.17, 15) is 0 Å². The number of allylic oxidation sites excluding steroid dienone is 2. The Morgan fingerprint density at radius 1 is 0.692 bits per heavy atom. The van der Waals surface area contributed by atoms with Gasteiger partial charge in [-0.3, -0.25) is 0 Å². The summed E-state index contributed by atoms with van der Waals surface area (Å²) in [5, 5.41) is 0. The maximum atomic E-state index is 5.31. The van der Waals surface area contributed by atoms with Crippen molar-refractivity contribution in [3.05, 3.63) is 59.7 Å². The zero-order valence-corrected chi connectivity index (χ0v) is 15.3. The first-order valence-corrected chi connectivity index (χ1v) is 7.84. The van der Waals surface area contributed by atoms with Crippen LogP contribution in [0.4, 0.5) is 0 Å². The highest BCUT2D eigenvalue weighted by Crippen LogP contribution is 2.37. The lowest BCUT2D eigenvalue weighted by Gasteiger charge is -2.12. The fraction of sp³-hybridized carbons (Fsp3) is 0.182. The highest BCUT2D eigenvalue weighted by atomic mass is 16.5. The van der Waals surface area contributed by atoms with Crippen LogP contribution in [0.25, 0.3) is 0 Å². The quantitative estimate of drug-likeness (QED) is 0.790. The minimum Gasteiger partial charge on any atom is -0.495 e. The molecule has 2 aromatic rings. The third-order valence-corrected chi connectivity index (χ3v) is 3.45. The summed E-state index contributed by atoms with van der Waals surface area (Å²) in [4.78, 5) is 0. The van der Waals surface area contributed by atoms with Gasteiger partial charge in [-0.15, -0.1) is 0 Å². The molecule has 2 rings (SSSR count). The molecule has 0 aromatic heterocycles. The van der Waals surface area contributed by atoms with Crippen LogP contribution in [0, 0.1) is 23.7 Å². The average Bonchev–Trinajstić information content (AvgIpc) is 2.69. The molecule has 0 amide bonds. The lowest BCUT2D eigenvalue weighted by atomic mass is 10.2. The molecule has 0 N–H and O–H groups in total. The molecule has 0 aliphatic carbocycles. The Balaban J connectivity index is 2.16. The number of benzene rings is 2. The average molecular weight is 348 g/mol. The first kappa shape index (κ1) is 18.8. The molecule has 0 aliphatic heterocycles. The second-order valence-electron chi connectivity index (χ2n) is 4.99. The summed E-state index contributed by atoms with van der Waals surface area (Å²) in [5.41, 5.74) is 1.58. The molecule has 0 spiro atoms. The Labute approximate surface area is 154 Å². The van der Waals surface area contributed by atoms with Gasteiger partial charge in [-0.25, -0.2) is 0 Å². The molecule has 0 saturated heterocycles. The minimum atomic E-state index is 0.541. The van der Waals surface area contributed by atoms with Gasteiger partial charge in [0.2, 0.25) is 5.75 Å². The van der Waals surface area contributed by atoms with Crippen LogP contribution in [0.3, 0.4) is 0 Å². The predicted molar refractivity (Wildman–Crippen MR) is 102 cm³/mol. The first-order chi connectivity index (χ1) is 12.7. The van der Waals surface area contributed by atoms with E-state index in [0.29, 0.717) is 17.2 Å². The highest BCUT2D eigenvalue weighted by molar-refractivity contribution is 5.57. The van der Waals surface area contributed by atoms with Crippen LogP contribution in [0.5, 0.6) is 23.0 Å². The monoisotopic (exact) mass is 348 g/mol. The van der Waals surface area contributed by atoms with Gasteiger partial charge in [0.25, 0.3) is 0 Å². The molecule has 0 bridgehead atoms. The van der Waals surface area contributed by atoms with E-state index in [2.05, 4.69) is 23.7 Å². The molecule has 0 heterocycles. The van der Waals surface area contributed by atoms with E-state index in [1.807, 2.05) is 24.3 Å². The van der Waals surface area contributed by atoms with Crippen LogP contribution >= 0.6 is 0 Å². The van der Waals surface area contributed by atoms with Crippen molar-refractivity contribution in [1.82, 2.24) is 0 Å². The zero-order chi connectivity index (χ0) is 18.8. The second kappa shape index (κ2) is 9.71. The van der Waals surface area contributed by atoms with E-state index in [0.717, 1.165) is 16.9 Å². The van der Waals surface area contributed by atoms with Gasteiger partial charge in [0, 0.05) is 5.56 Å². The van der Waals surface area contributed by atoms with E-state index in [-0.39, 0.29) is 0 Å². The zero-order valence-electron chi connectivity index (χ0n) is 15.3. The topological polar surface area (TPSA) is 36.9 Å². The Hall–Kier alpha value is -3.50. The summed E-state index contributed by atoms with van der Waals surface area (Å²) in [6.07, 6.45) is 3.38. The van der Waals surface area contributed by atoms with Crippen LogP contribution in [-0.4, -0.2) is 28.4 Å². The maximum Gasteiger partial charge on any atom is 0.203 e. The number of para-hydroxylation sites is 1. The highest BCUT2D eigenvalue weighted by Gasteiger charge is 2.11. The lowest BCUT2D eigenvalue weighted by molar-refractivity contribution is 0.324. The molecule has 4 heteroatoms. The van der Waals surface area contributed by atoms with E-state index < -0.39 is 0 Å². The number of ether oxygens (including phenoxy) is 4. The Morgan fingerprint density at radius 2 is 1.27 bits per heavy atom. The largest absolute Gasteiger partial charge is 0.495 e. The molecule has 132 valence electrons. The summed E-state index contributed by atoms with van der Waals surface area (Å²) in [5.74, 6) is 14.4. The summed E-state index contributed by atoms with van der Waals surface area (Å²) in [7, 11) is 6.33. The van der Waals surface area contributed by atoms with Crippen LogP contribution in [0.2, 0.25) is 0 Å². The van der Waals surface area contributed by atoms with Crippen molar-refractivity contribution in [2.45, 2.75) is 0 Å². The molecule has 0 saturated carbocycles. The third-order valence-electron chi connectivity index (χ3n) is 3.45. The van der Waals surface area contributed by atoms with E-state index >= 15 is 0 Å². The SMILES string of the molecule is COc1ccccc1C#C/C=C\C#Cc1cc(OC)c(OC)c(OC)c1. The Kier molecular flexibility index (Phi) is 7.04.